The van der Waals surface area contributed by atoms with E-state index in [0.29, 0.717) is 13.0 Å². The molecule has 5 nitrogen and oxygen atoms in total. The van der Waals surface area contributed by atoms with Crippen LogP contribution in [0.1, 0.15) is 49.9 Å². The monoisotopic (exact) mass is 328 g/mol. The summed E-state index contributed by atoms with van der Waals surface area (Å²) in [5, 5.41) is 0. The van der Waals surface area contributed by atoms with E-state index in [1.165, 1.54) is 25.3 Å². The number of hydrogen-bond donors (Lipinski definition) is 0. The number of hydrogen-bond acceptors (Lipinski definition) is 5. The molecule has 0 radical (unpaired) electrons. The van der Waals surface area contributed by atoms with Crippen LogP contribution in [0.2, 0.25) is 0 Å². The third-order valence-electron chi connectivity index (χ3n) is 3.25. The fourth-order valence-corrected chi connectivity index (χ4v) is 3.34. The molecular formula is C16H24O5S. The molecule has 0 heterocycles. The van der Waals surface area contributed by atoms with Crippen molar-refractivity contribution in [2.24, 2.45) is 0 Å². The van der Waals surface area contributed by atoms with Gasteiger partial charge in [-0.3, -0.25) is 0 Å². The van der Waals surface area contributed by atoms with Gasteiger partial charge < -0.3 is 9.47 Å². The van der Waals surface area contributed by atoms with E-state index in [2.05, 4.69) is 0 Å². The number of sulfone groups is 1. The molecule has 1 aromatic rings. The standard InChI is InChI=1S/C16H24O5S/c1-4-6-10-21-16(17)14-9-8-13(12-15(14)20-3)22(18,19)11-7-5-2/h8-9,12H,4-7,10-11H2,1-3H3. The summed E-state index contributed by atoms with van der Waals surface area (Å²) < 4.78 is 34.6. The first-order chi connectivity index (χ1) is 10.5. The topological polar surface area (TPSA) is 69.7 Å². The third-order valence-corrected chi connectivity index (χ3v) is 5.05. The van der Waals surface area contributed by atoms with Gasteiger partial charge in [0.15, 0.2) is 9.84 Å². The van der Waals surface area contributed by atoms with Crippen LogP contribution in [-0.2, 0) is 14.6 Å². The maximum absolute atomic E-state index is 12.2. The molecule has 0 atom stereocenters. The van der Waals surface area contributed by atoms with Crippen LogP contribution in [-0.4, -0.2) is 33.9 Å². The maximum Gasteiger partial charge on any atom is 0.341 e. The Kier molecular flexibility index (Phi) is 7.38. The highest BCUT2D eigenvalue weighted by molar-refractivity contribution is 7.91. The van der Waals surface area contributed by atoms with E-state index in [4.69, 9.17) is 9.47 Å². The maximum atomic E-state index is 12.2. The number of benzene rings is 1. The normalized spacial score (nSPS) is 11.2. The van der Waals surface area contributed by atoms with Gasteiger partial charge in [0.2, 0.25) is 0 Å². The molecule has 0 fully saturated rings. The smallest absolute Gasteiger partial charge is 0.341 e. The van der Waals surface area contributed by atoms with Crippen molar-refractivity contribution in [3.63, 3.8) is 0 Å². The Morgan fingerprint density at radius 3 is 2.41 bits per heavy atom. The van der Waals surface area contributed by atoms with Crippen molar-refractivity contribution in [3.05, 3.63) is 23.8 Å². The second-order valence-electron chi connectivity index (χ2n) is 5.02. The molecule has 0 N–H and O–H groups in total. The van der Waals surface area contributed by atoms with E-state index in [1.807, 2.05) is 13.8 Å². The van der Waals surface area contributed by atoms with Gasteiger partial charge >= 0.3 is 5.97 Å². The summed E-state index contributed by atoms with van der Waals surface area (Å²) in [6.45, 7) is 4.28. The Morgan fingerprint density at radius 2 is 1.82 bits per heavy atom. The van der Waals surface area contributed by atoms with Crippen molar-refractivity contribution in [1.29, 1.82) is 0 Å². The lowest BCUT2D eigenvalue weighted by atomic mass is 10.2. The van der Waals surface area contributed by atoms with Crippen LogP contribution in [0.5, 0.6) is 5.75 Å². The largest absolute Gasteiger partial charge is 0.496 e. The molecule has 0 spiro atoms. The molecule has 6 heteroatoms. The number of ether oxygens (including phenoxy) is 2. The van der Waals surface area contributed by atoms with Gasteiger partial charge in [0.05, 0.1) is 24.4 Å². The van der Waals surface area contributed by atoms with Gasteiger partial charge in [0.1, 0.15) is 11.3 Å². The van der Waals surface area contributed by atoms with Crippen LogP contribution in [0.15, 0.2) is 23.1 Å². The fourth-order valence-electron chi connectivity index (χ4n) is 1.87. The Balaban J connectivity index is 2.98. The van der Waals surface area contributed by atoms with Crippen molar-refractivity contribution in [1.82, 2.24) is 0 Å². The highest BCUT2D eigenvalue weighted by Gasteiger charge is 2.19. The van der Waals surface area contributed by atoms with Crippen molar-refractivity contribution >= 4 is 15.8 Å². The zero-order valence-corrected chi connectivity index (χ0v) is 14.2. The van der Waals surface area contributed by atoms with Gasteiger partial charge in [-0.2, -0.15) is 0 Å². The summed E-state index contributed by atoms with van der Waals surface area (Å²) in [5.74, 6) is -0.186. The average Bonchev–Trinajstić information content (AvgIpc) is 2.52. The first-order valence-corrected chi connectivity index (χ1v) is 9.19. The number of methoxy groups -OCH3 is 1. The molecule has 0 unspecified atom stereocenters. The second kappa shape index (κ2) is 8.78. The lowest BCUT2D eigenvalue weighted by Gasteiger charge is -2.11. The zero-order chi connectivity index (χ0) is 16.6. The quantitative estimate of drug-likeness (QED) is 0.514. The summed E-state index contributed by atoms with van der Waals surface area (Å²) in [5.41, 5.74) is 0.244. The molecule has 0 aliphatic heterocycles. The van der Waals surface area contributed by atoms with Crippen molar-refractivity contribution < 1.29 is 22.7 Å². The first kappa shape index (κ1) is 18.5. The Hall–Kier alpha value is -1.56. The second-order valence-corrected chi connectivity index (χ2v) is 7.13. The molecule has 0 bridgehead atoms. The van der Waals surface area contributed by atoms with E-state index < -0.39 is 15.8 Å². The summed E-state index contributed by atoms with van der Waals surface area (Å²) >= 11 is 0. The van der Waals surface area contributed by atoms with E-state index in [-0.39, 0.29) is 22.0 Å². The highest BCUT2D eigenvalue weighted by atomic mass is 32.2. The van der Waals surface area contributed by atoms with Crippen LogP contribution < -0.4 is 4.74 Å². The van der Waals surface area contributed by atoms with Crippen LogP contribution in [0.25, 0.3) is 0 Å². The van der Waals surface area contributed by atoms with E-state index >= 15 is 0 Å². The van der Waals surface area contributed by atoms with E-state index in [9.17, 15) is 13.2 Å². The number of rotatable bonds is 9. The Bertz CT molecular complexity index is 593. The minimum Gasteiger partial charge on any atom is -0.496 e. The molecule has 22 heavy (non-hydrogen) atoms. The summed E-state index contributed by atoms with van der Waals surface area (Å²) in [6, 6.07) is 4.28. The highest BCUT2D eigenvalue weighted by Crippen LogP contribution is 2.25. The SMILES string of the molecule is CCCCOC(=O)c1ccc(S(=O)(=O)CCCC)cc1OC. The van der Waals surface area contributed by atoms with Gasteiger partial charge in [-0.15, -0.1) is 0 Å². The van der Waals surface area contributed by atoms with Gasteiger partial charge in [0.25, 0.3) is 0 Å². The zero-order valence-electron chi connectivity index (χ0n) is 13.4. The van der Waals surface area contributed by atoms with Crippen LogP contribution in [0.3, 0.4) is 0 Å². The minimum absolute atomic E-state index is 0.0902. The number of carbonyl (C=O) groups is 1. The molecule has 0 aliphatic carbocycles. The fraction of sp³-hybridized carbons (Fsp3) is 0.562. The molecule has 124 valence electrons. The average molecular weight is 328 g/mol. The van der Waals surface area contributed by atoms with Crippen LogP contribution >= 0.6 is 0 Å². The van der Waals surface area contributed by atoms with Gasteiger partial charge in [-0.25, -0.2) is 13.2 Å². The van der Waals surface area contributed by atoms with Crippen molar-refractivity contribution in [2.75, 3.05) is 19.5 Å². The lowest BCUT2D eigenvalue weighted by molar-refractivity contribution is 0.0496. The molecule has 0 saturated carbocycles. The third kappa shape index (κ3) is 5.02. The van der Waals surface area contributed by atoms with Crippen LogP contribution in [0, 0.1) is 0 Å². The van der Waals surface area contributed by atoms with Crippen molar-refractivity contribution in [3.8, 4) is 5.75 Å². The van der Waals surface area contributed by atoms with Crippen LogP contribution in [0.4, 0.5) is 0 Å². The lowest BCUT2D eigenvalue weighted by Crippen LogP contribution is -2.11. The number of unbranched alkanes of at least 4 members (excludes halogenated alkanes) is 2. The van der Waals surface area contributed by atoms with Gasteiger partial charge in [0, 0.05) is 0 Å². The summed E-state index contributed by atoms with van der Waals surface area (Å²) in [7, 11) is -1.95. The molecule has 1 aromatic carbocycles. The predicted octanol–water partition coefficient (Wildman–Crippen LogP) is 3.23. The number of esters is 1. The predicted molar refractivity (Wildman–Crippen MR) is 85.1 cm³/mol. The first-order valence-electron chi connectivity index (χ1n) is 7.54. The minimum atomic E-state index is -3.35. The van der Waals surface area contributed by atoms with E-state index in [0.717, 1.165) is 19.3 Å². The molecule has 0 aliphatic rings. The Morgan fingerprint density at radius 1 is 1.14 bits per heavy atom. The molecule has 0 aromatic heterocycles. The molecular weight excluding hydrogens is 304 g/mol. The van der Waals surface area contributed by atoms with E-state index in [1.54, 1.807) is 0 Å². The van der Waals surface area contributed by atoms with Gasteiger partial charge in [-0.1, -0.05) is 26.7 Å². The van der Waals surface area contributed by atoms with Gasteiger partial charge in [-0.05, 0) is 31.0 Å². The summed E-state index contributed by atoms with van der Waals surface area (Å²) in [4.78, 5) is 12.1. The Labute approximate surface area is 132 Å². The summed E-state index contributed by atoms with van der Waals surface area (Å²) in [6.07, 6.45) is 3.13. The molecule has 0 amide bonds. The van der Waals surface area contributed by atoms with Crippen molar-refractivity contribution in [2.45, 2.75) is 44.4 Å². The molecule has 0 saturated heterocycles. The molecule has 1 rings (SSSR count). The number of carbonyl (C=O) groups excluding carboxylic acids is 1.